The van der Waals surface area contributed by atoms with Crippen molar-refractivity contribution in [3.05, 3.63) is 23.8 Å². The van der Waals surface area contributed by atoms with E-state index in [-0.39, 0.29) is 42.2 Å². The standard InChI is InChI=1S/C16H21F3N2O2S.ClH/c1-2-6-23-14-4-3-11(16(17,18)19)8-13(14)21-15(22)9-12-10-24-7-5-20-12;/h3-4,8,12,20H,2,5-7,9-10H2,1H3,(H,21,22);1H. The molecule has 4 nitrogen and oxygen atoms in total. The van der Waals surface area contributed by atoms with Crippen molar-refractivity contribution in [1.82, 2.24) is 5.32 Å². The van der Waals surface area contributed by atoms with Crippen LogP contribution in [0.1, 0.15) is 25.3 Å². The summed E-state index contributed by atoms with van der Waals surface area (Å²) in [6.45, 7) is 3.10. The van der Waals surface area contributed by atoms with Gasteiger partial charge in [0.15, 0.2) is 0 Å². The smallest absolute Gasteiger partial charge is 0.416 e. The fourth-order valence-electron chi connectivity index (χ4n) is 2.32. The molecule has 142 valence electrons. The van der Waals surface area contributed by atoms with Gasteiger partial charge in [0, 0.05) is 30.5 Å². The molecule has 1 heterocycles. The van der Waals surface area contributed by atoms with Crippen molar-refractivity contribution in [2.24, 2.45) is 0 Å². The van der Waals surface area contributed by atoms with Crippen molar-refractivity contribution in [2.75, 3.05) is 30.0 Å². The molecule has 0 radical (unpaired) electrons. The number of anilines is 1. The van der Waals surface area contributed by atoms with Crippen LogP contribution in [0.25, 0.3) is 0 Å². The van der Waals surface area contributed by atoms with Gasteiger partial charge in [-0.05, 0) is 24.6 Å². The highest BCUT2D eigenvalue weighted by molar-refractivity contribution is 7.99. The summed E-state index contributed by atoms with van der Waals surface area (Å²) in [6.07, 6.45) is -3.53. The Balaban J connectivity index is 0.00000312. The molecule has 2 rings (SSSR count). The van der Waals surface area contributed by atoms with E-state index in [1.165, 1.54) is 6.07 Å². The molecule has 1 aromatic carbocycles. The summed E-state index contributed by atoms with van der Waals surface area (Å²) in [7, 11) is 0. The van der Waals surface area contributed by atoms with Gasteiger partial charge in [-0.2, -0.15) is 24.9 Å². The van der Waals surface area contributed by atoms with E-state index in [1.807, 2.05) is 6.92 Å². The van der Waals surface area contributed by atoms with E-state index in [2.05, 4.69) is 10.6 Å². The van der Waals surface area contributed by atoms with E-state index in [0.29, 0.717) is 6.61 Å². The molecule has 0 aliphatic carbocycles. The van der Waals surface area contributed by atoms with Crippen LogP contribution < -0.4 is 15.4 Å². The van der Waals surface area contributed by atoms with Crippen molar-refractivity contribution in [1.29, 1.82) is 0 Å². The Bertz CT molecular complexity index is 567. The first kappa shape index (κ1) is 21.9. The molecule has 1 saturated heterocycles. The van der Waals surface area contributed by atoms with Crippen LogP contribution in [0.15, 0.2) is 18.2 Å². The Kier molecular flexibility index (Phi) is 8.88. The second-order valence-corrected chi connectivity index (χ2v) is 6.69. The number of rotatable bonds is 6. The molecule has 1 aromatic rings. The highest BCUT2D eigenvalue weighted by Crippen LogP contribution is 2.35. The van der Waals surface area contributed by atoms with Gasteiger partial charge in [0.05, 0.1) is 17.9 Å². The molecule has 1 unspecified atom stereocenters. The summed E-state index contributed by atoms with van der Waals surface area (Å²) >= 11 is 1.76. The quantitative estimate of drug-likeness (QED) is 0.761. The average Bonchev–Trinajstić information content (AvgIpc) is 2.53. The summed E-state index contributed by atoms with van der Waals surface area (Å²) in [6, 6.07) is 3.17. The fourth-order valence-corrected chi connectivity index (χ4v) is 3.27. The third-order valence-electron chi connectivity index (χ3n) is 3.47. The van der Waals surface area contributed by atoms with E-state index in [9.17, 15) is 18.0 Å². The van der Waals surface area contributed by atoms with Gasteiger partial charge in [-0.25, -0.2) is 0 Å². The van der Waals surface area contributed by atoms with Crippen LogP contribution >= 0.6 is 24.2 Å². The van der Waals surface area contributed by atoms with Gasteiger partial charge in [-0.15, -0.1) is 12.4 Å². The first-order chi connectivity index (χ1) is 11.4. The van der Waals surface area contributed by atoms with Gasteiger partial charge in [-0.3, -0.25) is 4.79 Å². The number of carbonyl (C=O) groups excluding carboxylic acids is 1. The van der Waals surface area contributed by atoms with Crippen LogP contribution in [0, 0.1) is 0 Å². The predicted octanol–water partition coefficient (Wildman–Crippen LogP) is 3.95. The largest absolute Gasteiger partial charge is 0.491 e. The van der Waals surface area contributed by atoms with Gasteiger partial charge in [0.1, 0.15) is 5.75 Å². The molecule has 0 spiro atoms. The van der Waals surface area contributed by atoms with E-state index in [1.54, 1.807) is 11.8 Å². The van der Waals surface area contributed by atoms with Crippen molar-refractivity contribution >= 4 is 35.8 Å². The van der Waals surface area contributed by atoms with Crippen LogP contribution in [-0.2, 0) is 11.0 Å². The molecule has 0 aromatic heterocycles. The molecule has 1 fully saturated rings. The minimum Gasteiger partial charge on any atom is -0.491 e. The number of carbonyl (C=O) groups is 1. The number of thioether (sulfide) groups is 1. The number of hydrogen-bond acceptors (Lipinski definition) is 4. The SMILES string of the molecule is CCCOc1ccc(C(F)(F)F)cc1NC(=O)CC1CSCCN1.Cl. The zero-order chi connectivity index (χ0) is 17.6. The third kappa shape index (κ3) is 6.95. The Morgan fingerprint density at radius 2 is 2.20 bits per heavy atom. The topological polar surface area (TPSA) is 50.4 Å². The first-order valence-corrected chi connectivity index (χ1v) is 9.00. The Morgan fingerprint density at radius 3 is 2.80 bits per heavy atom. The Hall–Kier alpha value is -1.12. The molecule has 1 amide bonds. The highest BCUT2D eigenvalue weighted by atomic mass is 35.5. The normalized spacial score (nSPS) is 17.5. The molecular formula is C16H22ClF3N2O2S. The van der Waals surface area contributed by atoms with E-state index < -0.39 is 11.7 Å². The first-order valence-electron chi connectivity index (χ1n) is 7.85. The molecule has 0 bridgehead atoms. The lowest BCUT2D eigenvalue weighted by atomic mass is 10.1. The Labute approximate surface area is 155 Å². The van der Waals surface area contributed by atoms with Crippen molar-refractivity contribution in [3.8, 4) is 5.75 Å². The minimum atomic E-state index is -4.47. The number of halogens is 4. The van der Waals surface area contributed by atoms with Crippen LogP contribution in [-0.4, -0.2) is 36.6 Å². The molecule has 0 saturated carbocycles. The average molecular weight is 399 g/mol. The Morgan fingerprint density at radius 1 is 1.44 bits per heavy atom. The van der Waals surface area contributed by atoms with Crippen molar-refractivity contribution < 1.29 is 22.7 Å². The number of nitrogens with one attached hydrogen (secondary N) is 2. The maximum Gasteiger partial charge on any atom is 0.416 e. The summed E-state index contributed by atoms with van der Waals surface area (Å²) in [5.74, 6) is 1.75. The van der Waals surface area contributed by atoms with Crippen LogP contribution in [0.4, 0.5) is 18.9 Å². The van der Waals surface area contributed by atoms with Gasteiger partial charge in [0.25, 0.3) is 0 Å². The second-order valence-electron chi connectivity index (χ2n) is 5.54. The molecule has 1 aliphatic heterocycles. The number of amides is 1. The highest BCUT2D eigenvalue weighted by Gasteiger charge is 2.31. The van der Waals surface area contributed by atoms with Crippen LogP contribution in [0.5, 0.6) is 5.75 Å². The maximum atomic E-state index is 12.9. The second kappa shape index (κ2) is 10.1. The van der Waals surface area contributed by atoms with Gasteiger partial charge >= 0.3 is 6.18 Å². The number of hydrogen-bond donors (Lipinski definition) is 2. The van der Waals surface area contributed by atoms with Crippen molar-refractivity contribution in [3.63, 3.8) is 0 Å². The minimum absolute atomic E-state index is 0. The maximum absolute atomic E-state index is 12.9. The fraction of sp³-hybridized carbons (Fsp3) is 0.562. The number of alkyl halides is 3. The van der Waals surface area contributed by atoms with E-state index >= 15 is 0 Å². The molecule has 25 heavy (non-hydrogen) atoms. The van der Waals surface area contributed by atoms with E-state index in [0.717, 1.165) is 36.6 Å². The lowest BCUT2D eigenvalue weighted by molar-refractivity contribution is -0.137. The van der Waals surface area contributed by atoms with Crippen LogP contribution in [0.3, 0.4) is 0 Å². The van der Waals surface area contributed by atoms with Crippen LogP contribution in [0.2, 0.25) is 0 Å². The molecule has 1 atom stereocenters. The third-order valence-corrected chi connectivity index (χ3v) is 4.60. The monoisotopic (exact) mass is 398 g/mol. The molecule has 2 N–H and O–H groups in total. The summed E-state index contributed by atoms with van der Waals surface area (Å²) in [5.41, 5.74) is -0.750. The number of benzene rings is 1. The van der Waals surface area contributed by atoms with Crippen molar-refractivity contribution in [2.45, 2.75) is 32.0 Å². The summed E-state index contributed by atoms with van der Waals surface area (Å²) < 4.78 is 44.1. The van der Waals surface area contributed by atoms with E-state index in [4.69, 9.17) is 4.74 Å². The molecular weight excluding hydrogens is 377 g/mol. The molecule has 1 aliphatic rings. The molecule has 9 heteroatoms. The lowest BCUT2D eigenvalue weighted by Gasteiger charge is -2.23. The van der Waals surface area contributed by atoms with Gasteiger partial charge < -0.3 is 15.4 Å². The number of ether oxygens (including phenoxy) is 1. The summed E-state index contributed by atoms with van der Waals surface area (Å²) in [5, 5.41) is 5.79. The zero-order valence-electron chi connectivity index (χ0n) is 13.8. The van der Waals surface area contributed by atoms with Gasteiger partial charge in [0.2, 0.25) is 5.91 Å². The van der Waals surface area contributed by atoms with Gasteiger partial charge in [-0.1, -0.05) is 6.92 Å². The summed E-state index contributed by atoms with van der Waals surface area (Å²) in [4.78, 5) is 12.2. The zero-order valence-corrected chi connectivity index (χ0v) is 15.5. The lowest BCUT2D eigenvalue weighted by Crippen LogP contribution is -2.39. The predicted molar refractivity (Wildman–Crippen MR) is 96.8 cm³/mol.